The van der Waals surface area contributed by atoms with Crippen LogP contribution in [0.3, 0.4) is 0 Å². The number of carbonyl (C=O) groups is 1. The first-order chi connectivity index (χ1) is 9.07. The van der Waals surface area contributed by atoms with E-state index in [2.05, 4.69) is 19.0 Å². The summed E-state index contributed by atoms with van der Waals surface area (Å²) in [6, 6.07) is 0. The molecule has 2 heterocycles. The molecule has 0 aromatic carbocycles. The van der Waals surface area contributed by atoms with Gasteiger partial charge in [0, 0.05) is 40.0 Å². The van der Waals surface area contributed by atoms with Gasteiger partial charge in [-0.1, -0.05) is 0 Å². The maximum absolute atomic E-state index is 12.1. The quantitative estimate of drug-likeness (QED) is 0.744. The van der Waals surface area contributed by atoms with Crippen molar-refractivity contribution < 1.29 is 14.3 Å². The summed E-state index contributed by atoms with van der Waals surface area (Å²) in [5.74, 6) is 0.668. The average Bonchev–Trinajstić information content (AvgIpc) is 2.69. The van der Waals surface area contributed by atoms with E-state index in [1.165, 1.54) is 0 Å². The molecule has 0 unspecified atom stereocenters. The number of hydrogen-bond acceptors (Lipinski definition) is 4. The third kappa shape index (κ3) is 3.27. The molecule has 0 N–H and O–H groups in total. The first-order valence-corrected chi connectivity index (χ1v) is 7.06. The topological polar surface area (TPSA) is 42.0 Å². The van der Waals surface area contributed by atoms with Gasteiger partial charge in [-0.05, 0) is 38.3 Å². The Morgan fingerprint density at radius 2 is 2.11 bits per heavy atom. The third-order valence-corrected chi connectivity index (χ3v) is 4.51. The normalized spacial score (nSPS) is 26.3. The van der Waals surface area contributed by atoms with Crippen molar-refractivity contribution >= 4 is 5.91 Å². The van der Waals surface area contributed by atoms with Crippen LogP contribution in [0.4, 0.5) is 0 Å². The first-order valence-electron chi connectivity index (χ1n) is 7.06. The number of ether oxygens (including phenoxy) is 2. The fourth-order valence-corrected chi connectivity index (χ4v) is 3.47. The summed E-state index contributed by atoms with van der Waals surface area (Å²) in [6.45, 7) is 4.63. The van der Waals surface area contributed by atoms with Gasteiger partial charge in [0.2, 0.25) is 5.91 Å². The molecular weight excluding hydrogens is 244 g/mol. The largest absolute Gasteiger partial charge is 0.381 e. The van der Waals surface area contributed by atoms with Gasteiger partial charge >= 0.3 is 0 Å². The Morgan fingerprint density at radius 3 is 2.68 bits per heavy atom. The van der Waals surface area contributed by atoms with E-state index in [1.54, 1.807) is 7.11 Å². The van der Waals surface area contributed by atoms with Crippen LogP contribution < -0.4 is 0 Å². The van der Waals surface area contributed by atoms with Gasteiger partial charge in [-0.3, -0.25) is 4.79 Å². The molecule has 0 aliphatic carbocycles. The van der Waals surface area contributed by atoms with E-state index in [9.17, 15) is 4.79 Å². The number of carbonyl (C=O) groups excluding carboxylic acids is 1. The molecule has 2 fully saturated rings. The molecule has 0 aromatic rings. The Kier molecular flexibility index (Phi) is 4.81. The van der Waals surface area contributed by atoms with Crippen LogP contribution in [0.1, 0.15) is 12.8 Å². The zero-order valence-corrected chi connectivity index (χ0v) is 12.4. The summed E-state index contributed by atoms with van der Waals surface area (Å²) in [6.07, 6.45) is 2.14. The smallest absolute Gasteiger partial charge is 0.248 e. The van der Waals surface area contributed by atoms with E-state index >= 15 is 0 Å². The van der Waals surface area contributed by atoms with Crippen molar-refractivity contribution in [3.63, 3.8) is 0 Å². The van der Waals surface area contributed by atoms with Crippen molar-refractivity contribution in [1.82, 2.24) is 9.80 Å². The fraction of sp³-hybridized carbons (Fsp3) is 0.929. The van der Waals surface area contributed by atoms with Crippen LogP contribution in [-0.4, -0.2) is 76.4 Å². The zero-order chi connectivity index (χ0) is 13.9. The van der Waals surface area contributed by atoms with E-state index in [-0.39, 0.29) is 17.9 Å². The minimum absolute atomic E-state index is 0.120. The predicted octanol–water partition coefficient (Wildman–Crippen LogP) is 0.450. The van der Waals surface area contributed by atoms with Gasteiger partial charge in [0.25, 0.3) is 0 Å². The maximum Gasteiger partial charge on any atom is 0.248 e. The van der Waals surface area contributed by atoms with E-state index in [0.29, 0.717) is 5.92 Å². The van der Waals surface area contributed by atoms with Gasteiger partial charge in [-0.2, -0.15) is 0 Å². The fourth-order valence-electron chi connectivity index (χ4n) is 3.47. The molecule has 1 atom stereocenters. The lowest BCUT2D eigenvalue weighted by Gasteiger charge is -2.38. The van der Waals surface area contributed by atoms with Crippen molar-refractivity contribution in [2.75, 3.05) is 60.7 Å². The molecule has 2 aliphatic heterocycles. The number of rotatable bonds is 4. The zero-order valence-electron chi connectivity index (χ0n) is 12.4. The molecule has 2 aliphatic rings. The van der Waals surface area contributed by atoms with Crippen LogP contribution in [0, 0.1) is 11.3 Å². The third-order valence-electron chi connectivity index (χ3n) is 4.51. The van der Waals surface area contributed by atoms with Crippen LogP contribution in [0.15, 0.2) is 0 Å². The maximum atomic E-state index is 12.1. The van der Waals surface area contributed by atoms with E-state index in [4.69, 9.17) is 9.47 Å². The van der Waals surface area contributed by atoms with Gasteiger partial charge < -0.3 is 19.3 Å². The summed E-state index contributed by atoms with van der Waals surface area (Å²) in [5.41, 5.74) is 0.256. The second-order valence-corrected chi connectivity index (χ2v) is 6.14. The summed E-state index contributed by atoms with van der Waals surface area (Å²) in [5, 5.41) is 0. The Balaban J connectivity index is 2.08. The lowest BCUT2D eigenvalue weighted by Crippen LogP contribution is -2.41. The number of amides is 1. The number of likely N-dealkylation sites (tertiary alicyclic amines) is 1. The Bertz CT molecular complexity index is 314. The SMILES string of the molecule is COCC(=O)N1C[C@H](CN(C)C)C2(CCOCC2)C1. The number of hydrogen-bond donors (Lipinski definition) is 0. The Morgan fingerprint density at radius 1 is 1.42 bits per heavy atom. The predicted molar refractivity (Wildman–Crippen MR) is 73.0 cm³/mol. The molecular formula is C14H26N2O3. The molecule has 0 radical (unpaired) electrons. The molecule has 5 heteroatoms. The van der Waals surface area contributed by atoms with Crippen molar-refractivity contribution in [2.45, 2.75) is 12.8 Å². The van der Waals surface area contributed by atoms with Crippen molar-refractivity contribution in [3.05, 3.63) is 0 Å². The molecule has 1 spiro atoms. The van der Waals surface area contributed by atoms with Crippen LogP contribution in [-0.2, 0) is 14.3 Å². The molecule has 0 bridgehead atoms. The van der Waals surface area contributed by atoms with E-state index < -0.39 is 0 Å². The van der Waals surface area contributed by atoms with E-state index in [0.717, 1.165) is 45.7 Å². The summed E-state index contributed by atoms with van der Waals surface area (Å²) in [4.78, 5) is 16.3. The minimum atomic E-state index is 0.120. The summed E-state index contributed by atoms with van der Waals surface area (Å²) >= 11 is 0. The molecule has 0 saturated carbocycles. The first kappa shape index (κ1) is 14.8. The minimum Gasteiger partial charge on any atom is -0.381 e. The average molecular weight is 270 g/mol. The van der Waals surface area contributed by atoms with Crippen LogP contribution in [0.2, 0.25) is 0 Å². The van der Waals surface area contributed by atoms with Gasteiger partial charge in [-0.15, -0.1) is 0 Å². The molecule has 0 aromatic heterocycles. The van der Waals surface area contributed by atoms with Crippen molar-refractivity contribution in [3.8, 4) is 0 Å². The second-order valence-electron chi connectivity index (χ2n) is 6.14. The molecule has 19 heavy (non-hydrogen) atoms. The van der Waals surface area contributed by atoms with E-state index in [1.807, 2.05) is 4.90 Å². The van der Waals surface area contributed by atoms with Crippen molar-refractivity contribution in [1.29, 1.82) is 0 Å². The highest BCUT2D eigenvalue weighted by atomic mass is 16.5. The summed E-state index contributed by atoms with van der Waals surface area (Å²) < 4.78 is 10.5. The monoisotopic (exact) mass is 270 g/mol. The molecule has 5 nitrogen and oxygen atoms in total. The van der Waals surface area contributed by atoms with Gasteiger partial charge in [-0.25, -0.2) is 0 Å². The number of nitrogens with zero attached hydrogens (tertiary/aromatic N) is 2. The molecule has 1 amide bonds. The highest BCUT2D eigenvalue weighted by Crippen LogP contribution is 2.44. The van der Waals surface area contributed by atoms with Crippen LogP contribution >= 0.6 is 0 Å². The van der Waals surface area contributed by atoms with Gasteiger partial charge in [0.15, 0.2) is 0 Å². The second kappa shape index (κ2) is 6.20. The lowest BCUT2D eigenvalue weighted by atomic mass is 9.72. The van der Waals surface area contributed by atoms with Crippen molar-refractivity contribution in [2.24, 2.45) is 11.3 Å². The van der Waals surface area contributed by atoms with Gasteiger partial charge in [0.05, 0.1) is 0 Å². The Hall–Kier alpha value is -0.650. The molecule has 2 rings (SSSR count). The summed E-state index contributed by atoms with van der Waals surface area (Å²) in [7, 11) is 5.79. The highest BCUT2D eigenvalue weighted by Gasteiger charge is 2.48. The number of methoxy groups -OCH3 is 1. The molecule has 2 saturated heterocycles. The Labute approximate surface area is 115 Å². The lowest BCUT2D eigenvalue weighted by molar-refractivity contribution is -0.134. The van der Waals surface area contributed by atoms with Crippen LogP contribution in [0.25, 0.3) is 0 Å². The molecule has 110 valence electrons. The van der Waals surface area contributed by atoms with Gasteiger partial charge in [0.1, 0.15) is 6.61 Å². The standard InChI is InChI=1S/C14H26N2O3/c1-15(2)8-12-9-16(13(17)10-18-3)11-14(12)4-6-19-7-5-14/h12H,4-11H2,1-3H3/t12-/m0/s1. The van der Waals surface area contributed by atoms with Crippen LogP contribution in [0.5, 0.6) is 0 Å². The highest BCUT2D eigenvalue weighted by molar-refractivity contribution is 5.77.